The Bertz CT molecular complexity index is 759. The van der Waals surface area contributed by atoms with Crippen molar-refractivity contribution in [2.75, 3.05) is 6.54 Å². The number of nitrogens with one attached hydrogen (secondary N) is 2. The lowest BCUT2D eigenvalue weighted by Crippen LogP contribution is -2.33. The third kappa shape index (κ3) is 6.77. The Morgan fingerprint density at radius 3 is 2.19 bits per heavy atom. The minimum absolute atomic E-state index is 0.0800. The molecule has 0 fully saturated rings. The van der Waals surface area contributed by atoms with Gasteiger partial charge in [0.05, 0.1) is 18.0 Å². The van der Waals surface area contributed by atoms with Crippen molar-refractivity contribution in [2.45, 2.75) is 32.0 Å². The summed E-state index contributed by atoms with van der Waals surface area (Å²) in [5.41, 5.74) is 0.826. The van der Waals surface area contributed by atoms with Gasteiger partial charge in [0.25, 0.3) is 0 Å². The molecule has 0 saturated heterocycles. The number of benzene rings is 2. The van der Waals surface area contributed by atoms with Gasteiger partial charge >= 0.3 is 6.18 Å². The van der Waals surface area contributed by atoms with Gasteiger partial charge in [0.2, 0.25) is 11.8 Å². The van der Waals surface area contributed by atoms with Crippen molar-refractivity contribution in [2.24, 2.45) is 0 Å². The Labute approximate surface area is 155 Å². The molecule has 2 aromatic rings. The van der Waals surface area contributed by atoms with Crippen molar-refractivity contribution in [1.29, 1.82) is 0 Å². The van der Waals surface area contributed by atoms with Crippen LogP contribution in [0, 0.1) is 0 Å². The van der Waals surface area contributed by atoms with Crippen LogP contribution in [0.4, 0.5) is 13.2 Å². The smallest absolute Gasteiger partial charge is 0.356 e. The zero-order chi connectivity index (χ0) is 19.9. The minimum Gasteiger partial charge on any atom is -0.356 e. The highest BCUT2D eigenvalue weighted by molar-refractivity contribution is 5.79. The summed E-state index contributed by atoms with van der Waals surface area (Å²) in [6.45, 7) is 1.68. The van der Waals surface area contributed by atoms with E-state index in [0.717, 1.165) is 17.7 Å². The second kappa shape index (κ2) is 9.21. The molecule has 7 heteroatoms. The Kier molecular flexibility index (Phi) is 6.98. The Hall–Kier alpha value is -2.83. The lowest BCUT2D eigenvalue weighted by atomic mass is 10.0. The second-order valence-corrected chi connectivity index (χ2v) is 6.16. The molecular weight excluding hydrogens is 357 g/mol. The molecule has 0 spiro atoms. The van der Waals surface area contributed by atoms with Gasteiger partial charge in [0, 0.05) is 13.5 Å². The van der Waals surface area contributed by atoms with E-state index in [2.05, 4.69) is 10.6 Å². The van der Waals surface area contributed by atoms with Crippen LogP contribution in [0.2, 0.25) is 0 Å². The van der Waals surface area contributed by atoms with Crippen LogP contribution in [0.25, 0.3) is 0 Å². The predicted molar refractivity (Wildman–Crippen MR) is 95.8 cm³/mol. The van der Waals surface area contributed by atoms with Gasteiger partial charge in [-0.25, -0.2) is 0 Å². The molecule has 1 atom stereocenters. The summed E-state index contributed by atoms with van der Waals surface area (Å²) in [4.78, 5) is 23.6. The van der Waals surface area contributed by atoms with Gasteiger partial charge in [-0.15, -0.1) is 0 Å². The maximum absolute atomic E-state index is 12.5. The molecule has 0 heterocycles. The fourth-order valence-corrected chi connectivity index (χ4v) is 2.65. The largest absolute Gasteiger partial charge is 0.416 e. The molecule has 0 aliphatic heterocycles. The summed E-state index contributed by atoms with van der Waals surface area (Å²) in [6.07, 6.45) is -3.86. The van der Waals surface area contributed by atoms with Crippen LogP contribution in [0.1, 0.15) is 36.1 Å². The molecule has 2 N–H and O–H groups in total. The van der Waals surface area contributed by atoms with E-state index in [4.69, 9.17) is 0 Å². The summed E-state index contributed by atoms with van der Waals surface area (Å²) < 4.78 is 37.6. The van der Waals surface area contributed by atoms with Crippen LogP contribution in [-0.2, 0) is 22.2 Å². The number of hydrogen-bond acceptors (Lipinski definition) is 2. The average molecular weight is 378 g/mol. The molecular formula is C20H21F3N2O2. The summed E-state index contributed by atoms with van der Waals surface area (Å²) in [5.74, 6) is -0.481. The number of rotatable bonds is 7. The molecule has 0 aliphatic carbocycles. The monoisotopic (exact) mass is 378 g/mol. The van der Waals surface area contributed by atoms with E-state index in [0.29, 0.717) is 18.5 Å². The average Bonchev–Trinajstić information content (AvgIpc) is 2.61. The first-order valence-electron chi connectivity index (χ1n) is 8.50. The molecule has 4 nitrogen and oxygen atoms in total. The van der Waals surface area contributed by atoms with E-state index in [1.165, 1.54) is 19.1 Å². The zero-order valence-corrected chi connectivity index (χ0v) is 14.8. The first kappa shape index (κ1) is 20.5. The topological polar surface area (TPSA) is 58.2 Å². The fraction of sp³-hybridized carbons (Fsp3) is 0.300. The number of amides is 2. The number of carbonyl (C=O) groups excluding carboxylic acids is 2. The van der Waals surface area contributed by atoms with Crippen molar-refractivity contribution >= 4 is 11.8 Å². The first-order valence-corrected chi connectivity index (χ1v) is 8.50. The summed E-state index contributed by atoms with van der Waals surface area (Å²) in [5, 5.41) is 5.49. The van der Waals surface area contributed by atoms with Crippen LogP contribution in [0.15, 0.2) is 54.6 Å². The number of halogens is 3. The Morgan fingerprint density at radius 1 is 1.00 bits per heavy atom. The molecule has 2 aromatic carbocycles. The van der Waals surface area contributed by atoms with E-state index in [-0.39, 0.29) is 18.2 Å². The summed E-state index contributed by atoms with van der Waals surface area (Å²) >= 11 is 0. The number of hydrogen-bond donors (Lipinski definition) is 2. The van der Waals surface area contributed by atoms with Crippen LogP contribution in [0.3, 0.4) is 0 Å². The molecule has 27 heavy (non-hydrogen) atoms. The molecule has 0 bridgehead atoms. The zero-order valence-electron chi connectivity index (χ0n) is 14.8. The molecule has 144 valence electrons. The van der Waals surface area contributed by atoms with Gasteiger partial charge in [-0.05, 0) is 29.7 Å². The van der Waals surface area contributed by atoms with E-state index >= 15 is 0 Å². The molecule has 0 saturated carbocycles. The standard InChI is InChI=1S/C20H21F3N2O2/c1-14(26)25-18(16-5-3-2-4-6-16)13-19(27)24-12-11-15-7-9-17(10-8-15)20(21,22)23/h2-10,18H,11-13H2,1H3,(H,24,27)(H,25,26). The highest BCUT2D eigenvalue weighted by Crippen LogP contribution is 2.29. The maximum atomic E-state index is 12.5. The van der Waals surface area contributed by atoms with Crippen LogP contribution < -0.4 is 10.6 Å². The molecule has 0 radical (unpaired) electrons. The minimum atomic E-state index is -4.36. The van der Waals surface area contributed by atoms with Crippen molar-refractivity contribution in [3.05, 3.63) is 71.3 Å². The van der Waals surface area contributed by atoms with Gasteiger partial charge in [-0.3, -0.25) is 9.59 Å². The van der Waals surface area contributed by atoms with E-state index in [9.17, 15) is 22.8 Å². The van der Waals surface area contributed by atoms with E-state index in [1.54, 1.807) is 0 Å². The van der Waals surface area contributed by atoms with E-state index < -0.39 is 17.8 Å². The highest BCUT2D eigenvalue weighted by Gasteiger charge is 2.29. The molecule has 0 aliphatic rings. The summed E-state index contributed by atoms with van der Waals surface area (Å²) in [7, 11) is 0. The van der Waals surface area contributed by atoms with Crippen LogP contribution >= 0.6 is 0 Å². The SMILES string of the molecule is CC(=O)NC(CC(=O)NCCc1ccc(C(F)(F)F)cc1)c1ccccc1. The second-order valence-electron chi connectivity index (χ2n) is 6.16. The van der Waals surface area contributed by atoms with E-state index in [1.807, 2.05) is 30.3 Å². The normalized spacial score (nSPS) is 12.3. The van der Waals surface area contributed by atoms with Gasteiger partial charge in [-0.1, -0.05) is 42.5 Å². The lowest BCUT2D eigenvalue weighted by Gasteiger charge is -2.18. The fourth-order valence-electron chi connectivity index (χ4n) is 2.65. The van der Waals surface area contributed by atoms with Crippen molar-refractivity contribution in [1.82, 2.24) is 10.6 Å². The van der Waals surface area contributed by atoms with Gasteiger partial charge in [0.1, 0.15) is 0 Å². The van der Waals surface area contributed by atoms with Gasteiger partial charge in [0.15, 0.2) is 0 Å². The lowest BCUT2D eigenvalue weighted by molar-refractivity contribution is -0.137. The molecule has 0 aromatic heterocycles. The van der Waals surface area contributed by atoms with Crippen molar-refractivity contribution in [3.8, 4) is 0 Å². The molecule has 1 unspecified atom stereocenters. The third-order valence-corrected chi connectivity index (χ3v) is 3.99. The predicted octanol–water partition coefficient (Wildman–Crippen LogP) is 3.63. The van der Waals surface area contributed by atoms with Gasteiger partial charge in [-0.2, -0.15) is 13.2 Å². The number of alkyl halides is 3. The highest BCUT2D eigenvalue weighted by atomic mass is 19.4. The first-order chi connectivity index (χ1) is 12.8. The summed E-state index contributed by atoms with van der Waals surface area (Å²) in [6, 6.07) is 13.6. The Balaban J connectivity index is 1.86. The molecule has 2 amide bonds. The van der Waals surface area contributed by atoms with Crippen molar-refractivity contribution < 1.29 is 22.8 Å². The quantitative estimate of drug-likeness (QED) is 0.773. The number of carbonyl (C=O) groups is 2. The van der Waals surface area contributed by atoms with Crippen LogP contribution in [-0.4, -0.2) is 18.4 Å². The van der Waals surface area contributed by atoms with Crippen molar-refractivity contribution in [3.63, 3.8) is 0 Å². The maximum Gasteiger partial charge on any atom is 0.416 e. The third-order valence-electron chi connectivity index (χ3n) is 3.99. The van der Waals surface area contributed by atoms with Gasteiger partial charge < -0.3 is 10.6 Å². The Morgan fingerprint density at radius 2 is 1.63 bits per heavy atom. The molecule has 2 rings (SSSR count). The van der Waals surface area contributed by atoms with Crippen LogP contribution in [0.5, 0.6) is 0 Å².